The van der Waals surface area contributed by atoms with Crippen LogP contribution in [0.25, 0.3) is 0 Å². The molecular formula is C11H18O. The fourth-order valence-electron chi connectivity index (χ4n) is 1.83. The third-order valence-electron chi connectivity index (χ3n) is 3.06. The molecule has 1 nitrogen and oxygen atoms in total. The molecule has 0 radical (unpaired) electrons. The summed E-state index contributed by atoms with van der Waals surface area (Å²) >= 11 is 0. The van der Waals surface area contributed by atoms with Crippen LogP contribution in [-0.2, 0) is 4.79 Å². The van der Waals surface area contributed by atoms with Crippen molar-refractivity contribution in [1.29, 1.82) is 0 Å². The Hall–Kier alpha value is -0.590. The van der Waals surface area contributed by atoms with Gasteiger partial charge in [-0.15, -0.1) is 6.58 Å². The highest BCUT2D eigenvalue weighted by molar-refractivity contribution is 5.79. The van der Waals surface area contributed by atoms with Crippen molar-refractivity contribution >= 4 is 5.78 Å². The predicted molar refractivity (Wildman–Crippen MR) is 50.9 cm³/mol. The zero-order valence-corrected chi connectivity index (χ0v) is 8.10. The van der Waals surface area contributed by atoms with E-state index in [0.29, 0.717) is 11.7 Å². The minimum absolute atomic E-state index is 0.135. The normalized spacial score (nSPS) is 25.5. The summed E-state index contributed by atoms with van der Waals surface area (Å²) < 4.78 is 0. The van der Waals surface area contributed by atoms with Gasteiger partial charge in [0.1, 0.15) is 5.78 Å². The quantitative estimate of drug-likeness (QED) is 0.576. The summed E-state index contributed by atoms with van der Waals surface area (Å²) in [5.41, 5.74) is 0.135. The van der Waals surface area contributed by atoms with Crippen molar-refractivity contribution in [3.63, 3.8) is 0 Å². The second-order valence-electron chi connectivity index (χ2n) is 4.36. The standard InChI is InChI=1S/C11H18O/c1-4-11(2,3)9-6-5-7-10(12)8-9/h4,9H,1,5-8H2,2-3H3. The van der Waals surface area contributed by atoms with Gasteiger partial charge in [-0.25, -0.2) is 0 Å². The lowest BCUT2D eigenvalue weighted by atomic mass is 9.71. The summed E-state index contributed by atoms with van der Waals surface area (Å²) in [6.45, 7) is 8.16. The molecule has 1 atom stereocenters. The Kier molecular flexibility index (Phi) is 2.71. The number of allylic oxidation sites excluding steroid dienone is 1. The first-order valence-corrected chi connectivity index (χ1v) is 4.71. The second kappa shape index (κ2) is 3.42. The Bertz CT molecular complexity index is 191. The maximum absolute atomic E-state index is 11.2. The molecular weight excluding hydrogens is 148 g/mol. The van der Waals surface area contributed by atoms with Crippen molar-refractivity contribution in [1.82, 2.24) is 0 Å². The van der Waals surface area contributed by atoms with Crippen LogP contribution >= 0.6 is 0 Å². The molecule has 0 aromatic rings. The number of carbonyl (C=O) groups is 1. The van der Waals surface area contributed by atoms with E-state index in [1.54, 1.807) is 0 Å². The minimum atomic E-state index is 0.135. The van der Waals surface area contributed by atoms with Crippen LogP contribution in [0.5, 0.6) is 0 Å². The van der Waals surface area contributed by atoms with Gasteiger partial charge in [0.25, 0.3) is 0 Å². The molecule has 0 bridgehead atoms. The summed E-state index contributed by atoms with van der Waals surface area (Å²) in [7, 11) is 0. The lowest BCUT2D eigenvalue weighted by molar-refractivity contribution is -0.122. The maximum atomic E-state index is 11.2. The highest BCUT2D eigenvalue weighted by atomic mass is 16.1. The number of Topliss-reactive ketones (excluding diaryl/α,β-unsaturated/α-hetero) is 1. The van der Waals surface area contributed by atoms with Gasteiger partial charge < -0.3 is 0 Å². The van der Waals surface area contributed by atoms with Crippen LogP contribution < -0.4 is 0 Å². The first kappa shape index (κ1) is 9.50. The van der Waals surface area contributed by atoms with E-state index in [2.05, 4.69) is 20.4 Å². The molecule has 1 rings (SSSR count). The summed E-state index contributed by atoms with van der Waals surface area (Å²) in [5, 5.41) is 0. The predicted octanol–water partition coefficient (Wildman–Crippen LogP) is 2.96. The molecule has 0 aromatic heterocycles. The van der Waals surface area contributed by atoms with Crippen molar-refractivity contribution in [3.05, 3.63) is 12.7 Å². The van der Waals surface area contributed by atoms with E-state index in [9.17, 15) is 4.79 Å². The van der Waals surface area contributed by atoms with Crippen LogP contribution in [0.3, 0.4) is 0 Å². The lowest BCUT2D eigenvalue weighted by Crippen LogP contribution is -2.27. The summed E-state index contributed by atoms with van der Waals surface area (Å²) in [6, 6.07) is 0. The molecule has 12 heavy (non-hydrogen) atoms. The van der Waals surface area contributed by atoms with E-state index >= 15 is 0 Å². The molecule has 0 spiro atoms. The number of ketones is 1. The average molecular weight is 166 g/mol. The number of hydrogen-bond acceptors (Lipinski definition) is 1. The van der Waals surface area contributed by atoms with E-state index in [4.69, 9.17) is 0 Å². The van der Waals surface area contributed by atoms with Crippen LogP contribution in [0, 0.1) is 11.3 Å². The Morgan fingerprint density at radius 1 is 1.58 bits per heavy atom. The largest absolute Gasteiger partial charge is 0.300 e. The first-order chi connectivity index (χ1) is 5.56. The Balaban J connectivity index is 2.62. The second-order valence-corrected chi connectivity index (χ2v) is 4.36. The summed E-state index contributed by atoms with van der Waals surface area (Å²) in [5.74, 6) is 0.956. The van der Waals surface area contributed by atoms with Crippen LogP contribution in [0.15, 0.2) is 12.7 Å². The van der Waals surface area contributed by atoms with Gasteiger partial charge in [0.2, 0.25) is 0 Å². The number of carbonyl (C=O) groups excluding carboxylic acids is 1. The molecule has 1 aliphatic carbocycles. The third kappa shape index (κ3) is 1.96. The molecule has 1 heteroatoms. The highest BCUT2D eigenvalue weighted by Gasteiger charge is 2.30. The van der Waals surface area contributed by atoms with Gasteiger partial charge in [-0.2, -0.15) is 0 Å². The van der Waals surface area contributed by atoms with Crippen LogP contribution in [0.2, 0.25) is 0 Å². The third-order valence-corrected chi connectivity index (χ3v) is 3.06. The number of hydrogen-bond donors (Lipinski definition) is 0. The van der Waals surface area contributed by atoms with E-state index in [1.165, 1.54) is 6.42 Å². The molecule has 0 aliphatic heterocycles. The fourth-order valence-corrected chi connectivity index (χ4v) is 1.83. The van der Waals surface area contributed by atoms with E-state index < -0.39 is 0 Å². The van der Waals surface area contributed by atoms with Gasteiger partial charge in [-0.3, -0.25) is 4.79 Å². The van der Waals surface area contributed by atoms with Crippen molar-refractivity contribution in [2.24, 2.45) is 11.3 Å². The SMILES string of the molecule is C=CC(C)(C)C1CCCC(=O)C1. The molecule has 0 aromatic carbocycles. The fraction of sp³-hybridized carbons (Fsp3) is 0.727. The van der Waals surface area contributed by atoms with Crippen molar-refractivity contribution in [3.8, 4) is 0 Å². The first-order valence-electron chi connectivity index (χ1n) is 4.71. The topological polar surface area (TPSA) is 17.1 Å². The summed E-state index contributed by atoms with van der Waals surface area (Å²) in [4.78, 5) is 11.2. The van der Waals surface area contributed by atoms with Crippen molar-refractivity contribution in [2.45, 2.75) is 39.5 Å². The Labute approximate surface area is 74.9 Å². The van der Waals surface area contributed by atoms with Crippen LogP contribution in [-0.4, -0.2) is 5.78 Å². The zero-order valence-electron chi connectivity index (χ0n) is 8.10. The maximum Gasteiger partial charge on any atom is 0.133 e. The molecule has 0 N–H and O–H groups in total. The molecule has 0 heterocycles. The average Bonchev–Trinajstić information content (AvgIpc) is 2.05. The Morgan fingerprint density at radius 3 is 2.75 bits per heavy atom. The highest BCUT2D eigenvalue weighted by Crippen LogP contribution is 2.37. The van der Waals surface area contributed by atoms with Gasteiger partial charge >= 0.3 is 0 Å². The zero-order chi connectivity index (χ0) is 9.19. The smallest absolute Gasteiger partial charge is 0.133 e. The van der Waals surface area contributed by atoms with Gasteiger partial charge in [0, 0.05) is 12.8 Å². The van der Waals surface area contributed by atoms with E-state index in [-0.39, 0.29) is 5.41 Å². The molecule has 0 amide bonds. The molecule has 68 valence electrons. The lowest BCUT2D eigenvalue weighted by Gasteiger charge is -2.33. The number of rotatable bonds is 2. The minimum Gasteiger partial charge on any atom is -0.300 e. The summed E-state index contributed by atoms with van der Waals surface area (Å²) in [6.07, 6.45) is 5.80. The monoisotopic (exact) mass is 166 g/mol. The van der Waals surface area contributed by atoms with E-state index in [1.807, 2.05) is 6.08 Å². The van der Waals surface area contributed by atoms with Gasteiger partial charge in [-0.05, 0) is 24.2 Å². The molecule has 1 aliphatic rings. The van der Waals surface area contributed by atoms with Gasteiger partial charge in [-0.1, -0.05) is 19.9 Å². The van der Waals surface area contributed by atoms with Crippen LogP contribution in [0.1, 0.15) is 39.5 Å². The van der Waals surface area contributed by atoms with Crippen LogP contribution in [0.4, 0.5) is 0 Å². The van der Waals surface area contributed by atoms with Gasteiger partial charge in [0.05, 0.1) is 0 Å². The van der Waals surface area contributed by atoms with Crippen molar-refractivity contribution in [2.75, 3.05) is 0 Å². The van der Waals surface area contributed by atoms with Crippen molar-refractivity contribution < 1.29 is 4.79 Å². The van der Waals surface area contributed by atoms with E-state index in [0.717, 1.165) is 19.3 Å². The molecule has 0 saturated heterocycles. The molecule has 1 unspecified atom stereocenters. The molecule has 1 fully saturated rings. The Morgan fingerprint density at radius 2 is 2.25 bits per heavy atom. The van der Waals surface area contributed by atoms with Gasteiger partial charge in [0.15, 0.2) is 0 Å². The molecule has 1 saturated carbocycles.